The lowest BCUT2D eigenvalue weighted by molar-refractivity contribution is -0.140. The van der Waals surface area contributed by atoms with E-state index in [4.69, 9.17) is 11.6 Å². The van der Waals surface area contributed by atoms with Gasteiger partial charge in [-0.1, -0.05) is 43.6 Å². The molecule has 0 saturated carbocycles. The number of likely N-dealkylation sites (N-methyl/N-ethyl adjacent to an activating group) is 1. The van der Waals surface area contributed by atoms with Crippen LogP contribution in [0.2, 0.25) is 5.02 Å². The van der Waals surface area contributed by atoms with E-state index in [2.05, 4.69) is 23.7 Å². The van der Waals surface area contributed by atoms with Crippen LogP contribution in [-0.2, 0) is 9.59 Å². The van der Waals surface area contributed by atoms with Crippen LogP contribution in [0.15, 0.2) is 54.2 Å². The molecule has 1 fully saturated rings. The summed E-state index contributed by atoms with van der Waals surface area (Å²) in [5, 5.41) is 11.9. The highest BCUT2D eigenvalue weighted by molar-refractivity contribution is 6.46. The van der Waals surface area contributed by atoms with Crippen LogP contribution in [0.25, 0.3) is 11.4 Å². The quantitative estimate of drug-likeness (QED) is 0.323. The predicted octanol–water partition coefficient (Wildman–Crippen LogP) is 4.06. The third-order valence-corrected chi connectivity index (χ3v) is 6.42. The zero-order valence-corrected chi connectivity index (χ0v) is 19.7. The van der Waals surface area contributed by atoms with Gasteiger partial charge in [-0.25, -0.2) is 4.98 Å². The van der Waals surface area contributed by atoms with Gasteiger partial charge in [-0.15, -0.1) is 0 Å². The van der Waals surface area contributed by atoms with Crippen LogP contribution < -0.4 is 0 Å². The smallest absolute Gasteiger partial charge is 0.295 e. The Hall–Kier alpha value is -3.16. The summed E-state index contributed by atoms with van der Waals surface area (Å²) in [7, 11) is 0. The Morgan fingerprint density at radius 1 is 1.15 bits per heavy atom. The summed E-state index contributed by atoms with van der Waals surface area (Å²) in [6.45, 7) is 8.52. The monoisotopic (exact) mass is 466 g/mol. The Balaban J connectivity index is 1.88. The van der Waals surface area contributed by atoms with E-state index in [1.54, 1.807) is 35.7 Å². The number of carbonyl (C=O) groups is 2. The van der Waals surface area contributed by atoms with Crippen molar-refractivity contribution in [1.29, 1.82) is 0 Å². The van der Waals surface area contributed by atoms with Gasteiger partial charge in [0.2, 0.25) is 0 Å². The van der Waals surface area contributed by atoms with Crippen molar-refractivity contribution >= 4 is 34.7 Å². The maximum atomic E-state index is 13.3. The van der Waals surface area contributed by atoms with Crippen LogP contribution in [0.5, 0.6) is 0 Å². The van der Waals surface area contributed by atoms with Crippen molar-refractivity contribution in [3.63, 3.8) is 0 Å². The van der Waals surface area contributed by atoms with Crippen LogP contribution in [0.4, 0.5) is 0 Å². The molecule has 1 amide bonds. The molecular formula is C25H27ClN4O3. The minimum absolute atomic E-state index is 0.0515. The number of aliphatic hydroxyl groups is 1. The van der Waals surface area contributed by atoms with Gasteiger partial charge in [-0.3, -0.25) is 14.0 Å². The standard InChI is InChI=1S/C25H27ClN4O3/c1-4-28(5-2)13-14-30-22(17-9-8-10-18(26)15-17)20(24(32)25(30)33)23(31)21-16(3)27-19-11-6-7-12-29(19)21/h6-12,15,22,31H,4-5,13-14H2,1-3H3/t22-/m1/s1. The highest BCUT2D eigenvalue weighted by Crippen LogP contribution is 2.40. The molecule has 0 radical (unpaired) electrons. The van der Waals surface area contributed by atoms with Gasteiger partial charge in [0.25, 0.3) is 11.7 Å². The normalized spacial score (nSPS) is 18.1. The molecule has 7 nitrogen and oxygen atoms in total. The van der Waals surface area contributed by atoms with Gasteiger partial charge in [-0.05, 0) is 49.8 Å². The van der Waals surface area contributed by atoms with Crippen molar-refractivity contribution in [2.24, 2.45) is 0 Å². The summed E-state index contributed by atoms with van der Waals surface area (Å²) in [4.78, 5) is 34.6. The molecule has 0 unspecified atom stereocenters. The Morgan fingerprint density at radius 2 is 1.91 bits per heavy atom. The number of likely N-dealkylation sites (tertiary alicyclic amines) is 1. The van der Waals surface area contributed by atoms with Gasteiger partial charge in [0, 0.05) is 24.3 Å². The van der Waals surface area contributed by atoms with Crippen LogP contribution >= 0.6 is 11.6 Å². The summed E-state index contributed by atoms with van der Waals surface area (Å²) < 4.78 is 1.73. The average molecular weight is 467 g/mol. The number of pyridine rings is 1. The van der Waals surface area contributed by atoms with E-state index in [1.165, 1.54) is 4.90 Å². The number of Topliss-reactive ketones (excluding diaryl/α,β-unsaturated/α-hetero) is 1. The third kappa shape index (κ3) is 4.14. The number of hydrogen-bond donors (Lipinski definition) is 1. The number of carbonyl (C=O) groups excluding carboxylic acids is 2. The average Bonchev–Trinajstić information content (AvgIpc) is 3.27. The molecule has 4 rings (SSSR count). The molecule has 1 aliphatic rings. The van der Waals surface area contributed by atoms with E-state index in [0.29, 0.717) is 40.7 Å². The lowest BCUT2D eigenvalue weighted by atomic mass is 9.96. The molecule has 0 bridgehead atoms. The number of halogens is 1. The highest BCUT2D eigenvalue weighted by Gasteiger charge is 2.46. The molecule has 2 aromatic heterocycles. The Morgan fingerprint density at radius 3 is 2.61 bits per heavy atom. The molecule has 1 saturated heterocycles. The Bertz CT molecular complexity index is 1250. The topological polar surface area (TPSA) is 78.2 Å². The number of rotatable bonds is 7. The van der Waals surface area contributed by atoms with Crippen LogP contribution in [0.3, 0.4) is 0 Å². The number of benzene rings is 1. The maximum absolute atomic E-state index is 13.3. The first-order valence-corrected chi connectivity index (χ1v) is 11.4. The summed E-state index contributed by atoms with van der Waals surface area (Å²) in [5.74, 6) is -1.57. The first-order chi connectivity index (χ1) is 15.9. The minimum atomic E-state index is -0.743. The van der Waals surface area contributed by atoms with E-state index in [1.807, 2.05) is 24.3 Å². The first-order valence-electron chi connectivity index (χ1n) is 11.1. The van der Waals surface area contributed by atoms with Gasteiger partial charge in [0.15, 0.2) is 5.76 Å². The Kier molecular flexibility index (Phi) is 6.54. The fourth-order valence-electron chi connectivity index (χ4n) is 4.45. The second-order valence-corrected chi connectivity index (χ2v) is 8.49. The second kappa shape index (κ2) is 9.37. The molecule has 0 spiro atoms. The molecule has 172 valence electrons. The molecular weight excluding hydrogens is 440 g/mol. The zero-order chi connectivity index (χ0) is 23.7. The lowest BCUT2D eigenvalue weighted by Crippen LogP contribution is -2.38. The number of imidazole rings is 1. The van der Waals surface area contributed by atoms with Crippen LogP contribution in [0, 0.1) is 6.92 Å². The van der Waals surface area contributed by atoms with Crippen molar-refractivity contribution in [2.75, 3.05) is 26.2 Å². The highest BCUT2D eigenvalue weighted by atomic mass is 35.5. The molecule has 1 N–H and O–H groups in total. The van der Waals surface area contributed by atoms with Crippen molar-refractivity contribution in [3.05, 3.63) is 76.2 Å². The molecule has 1 aromatic carbocycles. The molecule has 1 atom stereocenters. The minimum Gasteiger partial charge on any atom is -0.505 e. The predicted molar refractivity (Wildman–Crippen MR) is 128 cm³/mol. The van der Waals surface area contributed by atoms with Crippen molar-refractivity contribution < 1.29 is 14.7 Å². The first kappa shape index (κ1) is 23.0. The number of amides is 1. The van der Waals surface area contributed by atoms with E-state index in [9.17, 15) is 14.7 Å². The zero-order valence-electron chi connectivity index (χ0n) is 19.0. The number of ketones is 1. The molecule has 3 heterocycles. The van der Waals surface area contributed by atoms with Gasteiger partial charge in [-0.2, -0.15) is 0 Å². The third-order valence-electron chi connectivity index (χ3n) is 6.18. The number of aliphatic hydroxyl groups excluding tert-OH is 1. The second-order valence-electron chi connectivity index (χ2n) is 8.05. The molecule has 33 heavy (non-hydrogen) atoms. The summed E-state index contributed by atoms with van der Waals surface area (Å²) >= 11 is 6.26. The molecule has 1 aliphatic heterocycles. The lowest BCUT2D eigenvalue weighted by Gasteiger charge is -2.28. The van der Waals surface area contributed by atoms with E-state index >= 15 is 0 Å². The summed E-state index contributed by atoms with van der Waals surface area (Å²) in [6, 6.07) is 11.8. The van der Waals surface area contributed by atoms with Gasteiger partial charge < -0.3 is 14.9 Å². The maximum Gasteiger partial charge on any atom is 0.295 e. The van der Waals surface area contributed by atoms with E-state index < -0.39 is 17.7 Å². The summed E-state index contributed by atoms with van der Waals surface area (Å²) in [6.07, 6.45) is 1.77. The number of fused-ring (bicyclic) bond motifs is 1. The van der Waals surface area contributed by atoms with Crippen LogP contribution in [0.1, 0.15) is 36.8 Å². The van der Waals surface area contributed by atoms with Gasteiger partial charge >= 0.3 is 0 Å². The Labute approximate surface area is 197 Å². The van der Waals surface area contributed by atoms with Gasteiger partial charge in [0.1, 0.15) is 11.3 Å². The fraction of sp³-hybridized carbons (Fsp3) is 0.320. The number of aryl methyl sites for hydroxylation is 1. The molecule has 3 aromatic rings. The number of aromatic nitrogens is 2. The van der Waals surface area contributed by atoms with Gasteiger partial charge in [0.05, 0.1) is 17.3 Å². The molecule has 8 heteroatoms. The number of hydrogen-bond acceptors (Lipinski definition) is 5. The van der Waals surface area contributed by atoms with Crippen molar-refractivity contribution in [2.45, 2.75) is 26.8 Å². The van der Waals surface area contributed by atoms with E-state index in [-0.39, 0.29) is 11.3 Å². The fourth-order valence-corrected chi connectivity index (χ4v) is 4.65. The molecule has 0 aliphatic carbocycles. The summed E-state index contributed by atoms with van der Waals surface area (Å²) in [5.41, 5.74) is 2.34. The van der Waals surface area contributed by atoms with Crippen molar-refractivity contribution in [3.8, 4) is 0 Å². The van der Waals surface area contributed by atoms with Crippen molar-refractivity contribution in [1.82, 2.24) is 19.2 Å². The SMILES string of the molecule is CCN(CC)CCN1C(=O)C(=O)C(=C(O)c2c(C)nc3ccccn23)[C@H]1c1cccc(Cl)c1. The van der Waals surface area contributed by atoms with Crippen LogP contribution in [-0.4, -0.2) is 62.2 Å². The largest absolute Gasteiger partial charge is 0.505 e. The van der Waals surface area contributed by atoms with E-state index in [0.717, 1.165) is 13.1 Å². The number of nitrogens with zero attached hydrogens (tertiary/aromatic N) is 4.